The number of benzene rings is 2. The molecule has 44 heavy (non-hydrogen) atoms. The van der Waals surface area contributed by atoms with Crippen LogP contribution in [0.4, 0.5) is 26.3 Å². The molecule has 1 amide bonds. The van der Waals surface area contributed by atoms with Crippen molar-refractivity contribution in [3.63, 3.8) is 0 Å². The second kappa shape index (κ2) is 15.5. The fraction of sp³-hybridized carbons (Fsp3) is 0.581. The van der Waals surface area contributed by atoms with E-state index in [1.54, 1.807) is 0 Å². The monoisotopic (exact) mass is 671 g/mol. The molecule has 0 aliphatic carbocycles. The van der Waals surface area contributed by atoms with Crippen LogP contribution in [0.3, 0.4) is 0 Å². The molecular weight excluding hydrogens is 631 g/mol. The Kier molecular flexibility index (Phi) is 13.4. The van der Waals surface area contributed by atoms with Gasteiger partial charge in [-0.3, -0.25) is 14.6 Å². The minimum atomic E-state index is -5.02. The number of morpholine rings is 1. The third-order valence-electron chi connectivity index (χ3n) is 8.15. The van der Waals surface area contributed by atoms with Crippen LogP contribution < -0.4 is 0 Å². The molecule has 2 fully saturated rings. The van der Waals surface area contributed by atoms with Gasteiger partial charge < -0.3 is 9.64 Å². The lowest BCUT2D eigenvalue weighted by Crippen LogP contribution is -2.56. The summed E-state index contributed by atoms with van der Waals surface area (Å²) < 4.78 is 86.9. The van der Waals surface area contributed by atoms with Gasteiger partial charge in [-0.25, -0.2) is 0 Å². The standard InChI is InChI=1S/C31H39F6N3O2.2ClH/c1-20-6-7-24(12-21(20)2)13-28-19-38(8-5-9-39-17-22(3)42-23(4)18-39)10-11-40(28)29(41)25-14-26(30(32,33)34)16-27(15-25)31(35,36)37;;/h6-7,12,14-16,22-23,28H,5,8-11,13,17-19H2,1-4H3;2*1H/t22-,23+,28-;;/m1../s1. The van der Waals surface area contributed by atoms with E-state index in [9.17, 15) is 31.1 Å². The number of amides is 1. The Morgan fingerprint density at radius 3 is 1.91 bits per heavy atom. The van der Waals surface area contributed by atoms with Gasteiger partial charge in [0.2, 0.25) is 0 Å². The summed E-state index contributed by atoms with van der Waals surface area (Å²) in [6, 6.07) is 6.64. The third-order valence-corrected chi connectivity index (χ3v) is 8.15. The van der Waals surface area contributed by atoms with E-state index < -0.39 is 41.0 Å². The summed E-state index contributed by atoms with van der Waals surface area (Å²) in [4.78, 5) is 19.7. The molecule has 2 aliphatic rings. The summed E-state index contributed by atoms with van der Waals surface area (Å²) >= 11 is 0. The molecule has 2 heterocycles. The van der Waals surface area contributed by atoms with Crippen molar-refractivity contribution in [3.8, 4) is 0 Å². The maximum atomic E-state index is 13.6. The summed E-state index contributed by atoms with van der Waals surface area (Å²) in [5.41, 5.74) is -0.453. The molecule has 5 nitrogen and oxygen atoms in total. The molecule has 0 bridgehead atoms. The highest BCUT2D eigenvalue weighted by Crippen LogP contribution is 2.37. The molecule has 2 aromatic rings. The lowest BCUT2D eigenvalue weighted by atomic mass is 9.97. The van der Waals surface area contributed by atoms with Crippen molar-refractivity contribution in [3.05, 3.63) is 69.8 Å². The number of hydrogen-bond acceptors (Lipinski definition) is 4. The van der Waals surface area contributed by atoms with Crippen LogP contribution in [0.2, 0.25) is 0 Å². The molecule has 2 aromatic carbocycles. The van der Waals surface area contributed by atoms with E-state index in [0.717, 1.165) is 49.3 Å². The molecule has 2 aliphatic heterocycles. The van der Waals surface area contributed by atoms with Crippen LogP contribution in [0.1, 0.15) is 58.4 Å². The lowest BCUT2D eigenvalue weighted by Gasteiger charge is -2.42. The Labute approximate surface area is 267 Å². The number of aryl methyl sites for hydroxylation is 2. The molecule has 0 N–H and O–H groups in total. The van der Waals surface area contributed by atoms with E-state index in [0.29, 0.717) is 31.6 Å². The van der Waals surface area contributed by atoms with Crippen LogP contribution in [0.15, 0.2) is 36.4 Å². The number of carbonyl (C=O) groups excluding carboxylic acids is 1. The molecule has 0 radical (unpaired) electrons. The van der Waals surface area contributed by atoms with Gasteiger partial charge in [0.05, 0.1) is 23.3 Å². The Hall–Kier alpha value is -2.05. The molecule has 0 saturated carbocycles. The van der Waals surface area contributed by atoms with Crippen LogP contribution in [0.5, 0.6) is 0 Å². The molecule has 13 heteroatoms. The molecule has 2 saturated heterocycles. The Morgan fingerprint density at radius 2 is 1.36 bits per heavy atom. The van der Waals surface area contributed by atoms with Crippen molar-refractivity contribution in [2.75, 3.05) is 45.8 Å². The van der Waals surface area contributed by atoms with Crippen molar-refractivity contribution < 1.29 is 35.9 Å². The van der Waals surface area contributed by atoms with E-state index in [1.165, 1.54) is 4.90 Å². The van der Waals surface area contributed by atoms with Crippen LogP contribution in [-0.2, 0) is 23.5 Å². The Balaban J connectivity index is 0.00000337. The van der Waals surface area contributed by atoms with Gasteiger partial charge in [0.1, 0.15) is 0 Å². The largest absolute Gasteiger partial charge is 0.416 e. The van der Waals surface area contributed by atoms with Crippen molar-refractivity contribution >= 4 is 30.7 Å². The highest BCUT2D eigenvalue weighted by atomic mass is 35.5. The highest BCUT2D eigenvalue weighted by Gasteiger charge is 2.39. The first kappa shape index (κ1) is 38.1. The van der Waals surface area contributed by atoms with Crippen LogP contribution in [-0.4, -0.2) is 84.7 Å². The van der Waals surface area contributed by atoms with Crippen molar-refractivity contribution in [1.82, 2.24) is 14.7 Å². The van der Waals surface area contributed by atoms with Gasteiger partial charge in [0.25, 0.3) is 5.91 Å². The summed E-state index contributed by atoms with van der Waals surface area (Å²) in [6.07, 6.45) is -8.38. The maximum Gasteiger partial charge on any atom is 0.416 e. The molecule has 3 atom stereocenters. The topological polar surface area (TPSA) is 36.0 Å². The number of nitrogens with zero attached hydrogens (tertiary/aromatic N) is 3. The Morgan fingerprint density at radius 1 is 0.795 bits per heavy atom. The fourth-order valence-electron chi connectivity index (χ4n) is 6.00. The highest BCUT2D eigenvalue weighted by molar-refractivity contribution is 5.95. The van der Waals surface area contributed by atoms with Crippen molar-refractivity contribution in [2.24, 2.45) is 0 Å². The first-order chi connectivity index (χ1) is 19.6. The van der Waals surface area contributed by atoms with Gasteiger partial charge >= 0.3 is 12.4 Å². The van der Waals surface area contributed by atoms with E-state index in [4.69, 9.17) is 4.74 Å². The SMILES string of the molecule is Cc1ccc(C[C@@H]2CN(CCCN3C[C@@H](C)O[C@@H](C)C3)CCN2C(=O)c2cc(C(F)(F)F)cc(C(F)(F)F)c2)cc1C.Cl.Cl. The van der Waals surface area contributed by atoms with Crippen molar-refractivity contribution in [2.45, 2.75) is 71.1 Å². The summed E-state index contributed by atoms with van der Waals surface area (Å²) in [7, 11) is 0. The molecule has 4 rings (SSSR count). The second-order valence-corrected chi connectivity index (χ2v) is 11.7. The van der Waals surface area contributed by atoms with Gasteiger partial charge in [-0.15, -0.1) is 24.8 Å². The van der Waals surface area contributed by atoms with Gasteiger partial charge in [0.15, 0.2) is 0 Å². The zero-order valence-corrected chi connectivity index (χ0v) is 26.9. The van der Waals surface area contributed by atoms with Gasteiger partial charge in [-0.2, -0.15) is 26.3 Å². The fourth-order valence-corrected chi connectivity index (χ4v) is 6.00. The summed E-state index contributed by atoms with van der Waals surface area (Å²) in [6.45, 7) is 12.6. The van der Waals surface area contributed by atoms with Crippen LogP contribution in [0.25, 0.3) is 0 Å². The first-order valence-electron chi connectivity index (χ1n) is 14.4. The predicted molar refractivity (Wildman–Crippen MR) is 163 cm³/mol. The van der Waals surface area contributed by atoms with E-state index in [-0.39, 0.29) is 49.6 Å². The third kappa shape index (κ3) is 9.97. The summed E-state index contributed by atoms with van der Waals surface area (Å²) in [5, 5.41) is 0. The second-order valence-electron chi connectivity index (χ2n) is 11.7. The van der Waals surface area contributed by atoms with Gasteiger partial charge in [0, 0.05) is 44.3 Å². The maximum absolute atomic E-state index is 13.6. The van der Waals surface area contributed by atoms with Gasteiger partial charge in [-0.05, 0) is 88.5 Å². The zero-order valence-electron chi connectivity index (χ0n) is 25.3. The minimum absolute atomic E-state index is 0. The average molecular weight is 673 g/mol. The average Bonchev–Trinajstić information content (AvgIpc) is 2.89. The number of ether oxygens (including phenoxy) is 1. The van der Waals surface area contributed by atoms with Crippen LogP contribution in [0, 0.1) is 13.8 Å². The first-order valence-corrected chi connectivity index (χ1v) is 14.4. The zero-order chi connectivity index (χ0) is 30.8. The molecule has 0 unspecified atom stereocenters. The Bertz CT molecular complexity index is 1220. The predicted octanol–water partition coefficient (Wildman–Crippen LogP) is 7.05. The lowest BCUT2D eigenvalue weighted by molar-refractivity contribution is -0.143. The normalized spacial score (nSPS) is 21.9. The quantitative estimate of drug-likeness (QED) is 0.296. The molecular formula is C31H41Cl2F6N3O2. The number of halogens is 8. The summed E-state index contributed by atoms with van der Waals surface area (Å²) in [5.74, 6) is -0.823. The number of rotatable bonds is 7. The van der Waals surface area contributed by atoms with Crippen molar-refractivity contribution in [1.29, 1.82) is 0 Å². The number of hydrogen-bond donors (Lipinski definition) is 0. The van der Waals surface area contributed by atoms with E-state index >= 15 is 0 Å². The van der Waals surface area contributed by atoms with E-state index in [1.807, 2.05) is 32.0 Å². The molecule has 0 aromatic heterocycles. The van der Waals surface area contributed by atoms with Crippen LogP contribution >= 0.6 is 24.8 Å². The minimum Gasteiger partial charge on any atom is -0.373 e. The molecule has 248 valence electrons. The van der Waals surface area contributed by atoms with E-state index in [2.05, 4.69) is 23.6 Å². The van der Waals surface area contributed by atoms with Gasteiger partial charge in [-0.1, -0.05) is 18.2 Å². The number of carbonyl (C=O) groups is 1. The number of piperazine rings is 1. The smallest absolute Gasteiger partial charge is 0.373 e. The molecule has 0 spiro atoms. The number of alkyl halides is 6.